The van der Waals surface area contributed by atoms with E-state index in [9.17, 15) is 9.90 Å². The molecule has 0 radical (unpaired) electrons. The fourth-order valence-electron chi connectivity index (χ4n) is 1.43. The molecule has 0 aromatic carbocycles. The van der Waals surface area contributed by atoms with Crippen LogP contribution in [0.15, 0.2) is 12.2 Å². The van der Waals surface area contributed by atoms with E-state index in [0.29, 0.717) is 6.42 Å². The van der Waals surface area contributed by atoms with Gasteiger partial charge in [-0.3, -0.25) is 4.79 Å². The number of carbonyl (C=O) groups is 1. The first-order valence-electron chi connectivity index (χ1n) is 4.08. The second-order valence-corrected chi connectivity index (χ2v) is 3.18. The molecule has 68 valence electrons. The number of ether oxygens (including phenoxy) is 1. The van der Waals surface area contributed by atoms with Crippen LogP contribution in [0.1, 0.15) is 19.8 Å². The van der Waals surface area contributed by atoms with Gasteiger partial charge in [-0.15, -0.1) is 0 Å². The van der Waals surface area contributed by atoms with Crippen LogP contribution in [-0.4, -0.2) is 23.8 Å². The molecule has 0 aliphatic heterocycles. The van der Waals surface area contributed by atoms with E-state index in [2.05, 4.69) is 4.74 Å². The second-order valence-electron chi connectivity index (χ2n) is 3.18. The minimum absolute atomic E-state index is 0.357. The lowest BCUT2D eigenvalue weighted by Gasteiger charge is -2.25. The predicted octanol–water partition coefficient (Wildman–Crippen LogP) is 0.877. The molecule has 0 aromatic heterocycles. The summed E-state index contributed by atoms with van der Waals surface area (Å²) in [6.45, 7) is 1.68. The zero-order chi connectivity index (χ0) is 9.19. The molecular formula is C9H14O3. The summed E-state index contributed by atoms with van der Waals surface area (Å²) >= 11 is 0. The molecule has 0 saturated heterocycles. The minimum Gasteiger partial charge on any atom is -0.469 e. The molecule has 0 fully saturated rings. The van der Waals surface area contributed by atoms with Gasteiger partial charge in [0.15, 0.2) is 0 Å². The average molecular weight is 170 g/mol. The molecule has 3 nitrogen and oxygen atoms in total. The first-order chi connectivity index (χ1) is 5.60. The van der Waals surface area contributed by atoms with E-state index in [1.807, 2.05) is 6.08 Å². The summed E-state index contributed by atoms with van der Waals surface area (Å²) in [5.41, 5.74) is -0.979. The number of allylic oxidation sites excluding steroid dienone is 1. The van der Waals surface area contributed by atoms with Crippen molar-refractivity contribution in [1.29, 1.82) is 0 Å². The van der Waals surface area contributed by atoms with Crippen molar-refractivity contribution < 1.29 is 14.6 Å². The van der Waals surface area contributed by atoms with E-state index in [1.54, 1.807) is 13.0 Å². The highest BCUT2D eigenvalue weighted by Crippen LogP contribution is 2.30. The Morgan fingerprint density at radius 2 is 2.42 bits per heavy atom. The van der Waals surface area contributed by atoms with Gasteiger partial charge in [0.1, 0.15) is 0 Å². The van der Waals surface area contributed by atoms with Crippen LogP contribution in [-0.2, 0) is 9.53 Å². The number of methoxy groups -OCH3 is 1. The number of esters is 1. The van der Waals surface area contributed by atoms with Crippen LogP contribution in [0.3, 0.4) is 0 Å². The van der Waals surface area contributed by atoms with Crippen molar-refractivity contribution in [2.75, 3.05) is 7.11 Å². The van der Waals surface area contributed by atoms with E-state index in [0.717, 1.165) is 6.42 Å². The van der Waals surface area contributed by atoms with E-state index < -0.39 is 11.5 Å². The van der Waals surface area contributed by atoms with Gasteiger partial charge in [0, 0.05) is 0 Å². The lowest BCUT2D eigenvalue weighted by Crippen LogP contribution is -2.37. The summed E-state index contributed by atoms with van der Waals surface area (Å²) in [6, 6.07) is 0. The molecule has 0 spiro atoms. The molecule has 2 atom stereocenters. The van der Waals surface area contributed by atoms with Crippen LogP contribution < -0.4 is 0 Å². The fourth-order valence-corrected chi connectivity index (χ4v) is 1.43. The molecule has 0 amide bonds. The summed E-state index contributed by atoms with van der Waals surface area (Å²) in [7, 11) is 1.33. The van der Waals surface area contributed by atoms with Gasteiger partial charge in [0.2, 0.25) is 0 Å². The lowest BCUT2D eigenvalue weighted by molar-refractivity contribution is -0.151. The van der Waals surface area contributed by atoms with Crippen molar-refractivity contribution >= 4 is 5.97 Å². The van der Waals surface area contributed by atoms with E-state index in [-0.39, 0.29) is 5.97 Å². The van der Waals surface area contributed by atoms with Crippen molar-refractivity contribution in [3.8, 4) is 0 Å². The zero-order valence-corrected chi connectivity index (χ0v) is 7.41. The Bertz CT molecular complexity index is 210. The lowest BCUT2D eigenvalue weighted by atomic mass is 9.88. The standard InChI is InChI=1S/C9H14O3/c1-7(8(10)12-2)9(11)5-3-4-6-9/h3,5,7,11H,4,6H2,1-2H3. The number of hydrogen-bond acceptors (Lipinski definition) is 3. The Kier molecular flexibility index (Phi) is 2.52. The van der Waals surface area contributed by atoms with Crippen molar-refractivity contribution in [1.82, 2.24) is 0 Å². The molecule has 1 aliphatic rings. The van der Waals surface area contributed by atoms with Gasteiger partial charge in [-0.2, -0.15) is 0 Å². The molecule has 12 heavy (non-hydrogen) atoms. The molecular weight excluding hydrogens is 156 g/mol. The highest BCUT2D eigenvalue weighted by Gasteiger charge is 2.38. The number of rotatable bonds is 2. The maximum Gasteiger partial charge on any atom is 0.311 e. The maximum atomic E-state index is 11.1. The number of carbonyl (C=O) groups excluding carboxylic acids is 1. The number of aliphatic hydroxyl groups is 1. The minimum atomic E-state index is -0.979. The summed E-state index contributed by atoms with van der Waals surface area (Å²) in [5.74, 6) is -0.828. The van der Waals surface area contributed by atoms with E-state index in [1.165, 1.54) is 7.11 Å². The molecule has 1 aliphatic carbocycles. The number of hydrogen-bond donors (Lipinski definition) is 1. The smallest absolute Gasteiger partial charge is 0.311 e. The van der Waals surface area contributed by atoms with Gasteiger partial charge in [-0.1, -0.05) is 12.2 Å². The van der Waals surface area contributed by atoms with Gasteiger partial charge in [-0.05, 0) is 19.8 Å². The first kappa shape index (κ1) is 9.26. The third kappa shape index (κ3) is 1.50. The van der Waals surface area contributed by atoms with Gasteiger partial charge in [-0.25, -0.2) is 0 Å². The molecule has 0 saturated carbocycles. The highest BCUT2D eigenvalue weighted by atomic mass is 16.5. The van der Waals surface area contributed by atoms with Crippen molar-refractivity contribution in [2.24, 2.45) is 5.92 Å². The summed E-state index contributed by atoms with van der Waals surface area (Å²) in [6.07, 6.45) is 5.02. The van der Waals surface area contributed by atoms with Crippen LogP contribution in [0.4, 0.5) is 0 Å². The summed E-state index contributed by atoms with van der Waals surface area (Å²) < 4.78 is 4.56. The molecule has 0 heterocycles. The Labute approximate surface area is 72.0 Å². The Hall–Kier alpha value is -0.830. The monoisotopic (exact) mass is 170 g/mol. The fraction of sp³-hybridized carbons (Fsp3) is 0.667. The normalized spacial score (nSPS) is 30.2. The maximum absolute atomic E-state index is 11.1. The van der Waals surface area contributed by atoms with Gasteiger partial charge in [0.05, 0.1) is 18.6 Å². The van der Waals surface area contributed by atoms with Gasteiger partial charge < -0.3 is 9.84 Å². The Morgan fingerprint density at radius 1 is 1.75 bits per heavy atom. The third-order valence-electron chi connectivity index (χ3n) is 2.42. The summed E-state index contributed by atoms with van der Waals surface area (Å²) in [4.78, 5) is 11.1. The quantitative estimate of drug-likeness (QED) is 0.494. The van der Waals surface area contributed by atoms with Gasteiger partial charge in [0.25, 0.3) is 0 Å². The van der Waals surface area contributed by atoms with Crippen molar-refractivity contribution in [2.45, 2.75) is 25.4 Å². The summed E-state index contributed by atoms with van der Waals surface area (Å²) in [5, 5.41) is 9.87. The van der Waals surface area contributed by atoms with Crippen LogP contribution >= 0.6 is 0 Å². The van der Waals surface area contributed by atoms with Crippen LogP contribution in [0.2, 0.25) is 0 Å². The van der Waals surface area contributed by atoms with Crippen LogP contribution in [0.25, 0.3) is 0 Å². The van der Waals surface area contributed by atoms with Crippen LogP contribution in [0, 0.1) is 5.92 Å². The molecule has 3 heteroatoms. The molecule has 1 N–H and O–H groups in total. The first-order valence-corrected chi connectivity index (χ1v) is 4.08. The van der Waals surface area contributed by atoms with Crippen LogP contribution in [0.5, 0.6) is 0 Å². The Balaban J connectivity index is 2.68. The van der Waals surface area contributed by atoms with Crippen molar-refractivity contribution in [3.05, 3.63) is 12.2 Å². The zero-order valence-electron chi connectivity index (χ0n) is 7.41. The third-order valence-corrected chi connectivity index (χ3v) is 2.42. The molecule has 2 unspecified atom stereocenters. The Morgan fingerprint density at radius 3 is 2.83 bits per heavy atom. The van der Waals surface area contributed by atoms with E-state index in [4.69, 9.17) is 0 Å². The predicted molar refractivity (Wildman–Crippen MR) is 44.5 cm³/mol. The molecule has 0 aromatic rings. The molecule has 0 bridgehead atoms. The topological polar surface area (TPSA) is 46.5 Å². The highest BCUT2D eigenvalue weighted by molar-refractivity contribution is 5.73. The van der Waals surface area contributed by atoms with E-state index >= 15 is 0 Å². The SMILES string of the molecule is COC(=O)C(C)C1(O)C=CCC1. The molecule has 1 rings (SSSR count). The second kappa shape index (κ2) is 3.27. The average Bonchev–Trinajstić information content (AvgIpc) is 2.50. The van der Waals surface area contributed by atoms with Gasteiger partial charge >= 0.3 is 5.97 Å². The van der Waals surface area contributed by atoms with Crippen molar-refractivity contribution in [3.63, 3.8) is 0 Å². The largest absolute Gasteiger partial charge is 0.469 e.